The van der Waals surface area contributed by atoms with E-state index >= 15 is 0 Å². The maximum Gasteiger partial charge on any atom is 0.236 e. The lowest BCUT2D eigenvalue weighted by molar-refractivity contribution is -0.122. The van der Waals surface area contributed by atoms with E-state index < -0.39 is 31.8 Å². The van der Waals surface area contributed by atoms with Crippen molar-refractivity contribution in [3.05, 3.63) is 0 Å². The lowest BCUT2D eigenvalue weighted by atomic mass is 10.2. The maximum atomic E-state index is 11.4. The van der Waals surface area contributed by atoms with Crippen LogP contribution < -0.4 is 15.8 Å². The molecule has 0 aliphatic heterocycles. The third kappa shape index (κ3) is 8.39. The molecule has 1 unspecified atom stereocenters. The summed E-state index contributed by atoms with van der Waals surface area (Å²) < 4.78 is 45.9. The first-order chi connectivity index (χ1) is 8.07. The molecule has 0 saturated heterocycles. The Labute approximate surface area is 107 Å². The minimum Gasteiger partial charge on any atom is -0.354 e. The Balaban J connectivity index is 4.03. The predicted octanol–water partition coefficient (Wildman–Crippen LogP) is -2.59. The van der Waals surface area contributed by atoms with Crippen LogP contribution in [-0.2, 0) is 24.7 Å². The van der Waals surface area contributed by atoms with Crippen LogP contribution in [0.1, 0.15) is 6.42 Å². The van der Waals surface area contributed by atoms with Crippen LogP contribution in [-0.4, -0.2) is 60.1 Å². The van der Waals surface area contributed by atoms with Crippen molar-refractivity contribution in [2.45, 2.75) is 12.5 Å². The van der Waals surface area contributed by atoms with Gasteiger partial charge in [-0.15, -0.1) is 0 Å². The van der Waals surface area contributed by atoms with Crippen molar-refractivity contribution < 1.29 is 21.6 Å². The Morgan fingerprint density at radius 1 is 1.22 bits per heavy atom. The van der Waals surface area contributed by atoms with Gasteiger partial charge in [0.15, 0.2) is 0 Å². The summed E-state index contributed by atoms with van der Waals surface area (Å²) in [5.74, 6) is -1.00. The number of carbonyl (C=O) groups is 1. The highest BCUT2D eigenvalue weighted by molar-refractivity contribution is 7.90. The van der Waals surface area contributed by atoms with Crippen molar-refractivity contribution in [3.8, 4) is 0 Å². The molecule has 0 rings (SSSR count). The Morgan fingerprint density at radius 3 is 2.22 bits per heavy atom. The van der Waals surface area contributed by atoms with Gasteiger partial charge in [-0.1, -0.05) is 0 Å². The molecule has 0 aromatic rings. The average Bonchev–Trinajstić information content (AvgIpc) is 2.24. The summed E-state index contributed by atoms with van der Waals surface area (Å²) in [6, 6.07) is -0.961. The summed E-state index contributed by atoms with van der Waals surface area (Å²) >= 11 is 0. The molecule has 0 fully saturated rings. The zero-order valence-electron chi connectivity index (χ0n) is 10.3. The third-order valence-corrected chi connectivity index (χ3v) is 4.46. The molecule has 108 valence electrons. The van der Waals surface area contributed by atoms with E-state index in [1.54, 1.807) is 0 Å². The van der Waals surface area contributed by atoms with Gasteiger partial charge in [0.05, 0.1) is 17.5 Å². The molecule has 8 nitrogen and oxygen atoms in total. The molecule has 0 spiro atoms. The molecule has 0 bridgehead atoms. The van der Waals surface area contributed by atoms with Gasteiger partial charge < -0.3 is 11.1 Å². The molecule has 0 aliphatic rings. The van der Waals surface area contributed by atoms with E-state index in [1.807, 2.05) is 0 Å². The van der Waals surface area contributed by atoms with Crippen molar-refractivity contribution >= 4 is 25.8 Å². The highest BCUT2D eigenvalue weighted by atomic mass is 32.2. The molecule has 1 amide bonds. The molecule has 0 aromatic heterocycles. The number of hydrogen-bond acceptors (Lipinski definition) is 6. The number of sulfonamides is 1. The number of sulfone groups is 1. The highest BCUT2D eigenvalue weighted by Crippen LogP contribution is 1.94. The first-order valence-corrected chi connectivity index (χ1v) is 8.91. The number of rotatable bonds is 8. The summed E-state index contributed by atoms with van der Waals surface area (Å²) in [5.41, 5.74) is 5.47. The monoisotopic (exact) mass is 301 g/mol. The molecule has 0 saturated carbocycles. The van der Waals surface area contributed by atoms with Crippen LogP contribution >= 0.6 is 0 Å². The summed E-state index contributed by atoms with van der Waals surface area (Å²) in [6.45, 7) is -0.0748. The van der Waals surface area contributed by atoms with Gasteiger partial charge in [-0.3, -0.25) is 4.79 Å². The lowest BCUT2D eigenvalue weighted by Gasteiger charge is -2.11. The van der Waals surface area contributed by atoms with E-state index in [0.29, 0.717) is 0 Å². The molecule has 0 aliphatic carbocycles. The fourth-order valence-corrected chi connectivity index (χ4v) is 2.27. The number of hydrogen-bond donors (Lipinski definition) is 3. The van der Waals surface area contributed by atoms with Crippen LogP contribution in [0.3, 0.4) is 0 Å². The number of nitrogens with one attached hydrogen (secondary N) is 2. The Morgan fingerprint density at radius 2 is 1.78 bits per heavy atom. The summed E-state index contributed by atoms with van der Waals surface area (Å²) in [4.78, 5) is 11.4. The first kappa shape index (κ1) is 17.3. The third-order valence-electron chi connectivity index (χ3n) is 2.12. The first-order valence-electron chi connectivity index (χ1n) is 5.19. The van der Waals surface area contributed by atoms with Crippen molar-refractivity contribution in [2.24, 2.45) is 5.73 Å². The normalized spacial score (nSPS) is 14.2. The second-order valence-electron chi connectivity index (χ2n) is 3.84. The standard InChI is InChI=1S/C8H19N3O5S2/c1-10-18(15,16)6-4-11-8(12)7(9)3-5-17(2,13)14/h7,10H,3-6,9H2,1-2H3,(H,11,12). The molecule has 0 radical (unpaired) electrons. The minimum absolute atomic E-state index is 0.00342. The Hall–Kier alpha value is -0.710. The zero-order valence-corrected chi connectivity index (χ0v) is 12.0. The Bertz CT molecular complexity index is 471. The topological polar surface area (TPSA) is 135 Å². The van der Waals surface area contributed by atoms with Crippen molar-refractivity contribution in [1.82, 2.24) is 10.0 Å². The maximum absolute atomic E-state index is 11.4. The fourth-order valence-electron chi connectivity index (χ4n) is 1.01. The molecule has 1 atom stereocenters. The van der Waals surface area contributed by atoms with Crippen LogP contribution in [0.15, 0.2) is 0 Å². The second-order valence-corrected chi connectivity index (χ2v) is 8.14. The van der Waals surface area contributed by atoms with Crippen LogP contribution in [0, 0.1) is 0 Å². The molecule has 4 N–H and O–H groups in total. The van der Waals surface area contributed by atoms with Crippen LogP contribution in [0.4, 0.5) is 0 Å². The minimum atomic E-state index is -3.38. The largest absolute Gasteiger partial charge is 0.354 e. The van der Waals surface area contributed by atoms with Gasteiger partial charge in [-0.05, 0) is 13.5 Å². The number of carbonyl (C=O) groups excluding carboxylic acids is 1. The zero-order chi connectivity index (χ0) is 14.4. The number of amides is 1. The van der Waals surface area contributed by atoms with Crippen LogP contribution in [0.5, 0.6) is 0 Å². The molecule has 10 heteroatoms. The second kappa shape index (κ2) is 7.02. The van der Waals surface area contributed by atoms with E-state index in [1.165, 1.54) is 7.05 Å². The van der Waals surface area contributed by atoms with Gasteiger partial charge in [0.2, 0.25) is 15.9 Å². The van der Waals surface area contributed by atoms with Crippen molar-refractivity contribution in [1.29, 1.82) is 0 Å². The van der Waals surface area contributed by atoms with E-state index in [0.717, 1.165) is 6.26 Å². The summed E-state index contributed by atoms with van der Waals surface area (Å²) in [5, 5.41) is 2.33. The molecule has 0 aromatic carbocycles. The van der Waals surface area contributed by atoms with E-state index in [-0.39, 0.29) is 24.5 Å². The van der Waals surface area contributed by atoms with E-state index in [4.69, 9.17) is 5.73 Å². The van der Waals surface area contributed by atoms with Gasteiger partial charge in [-0.2, -0.15) is 0 Å². The fraction of sp³-hybridized carbons (Fsp3) is 0.875. The highest BCUT2D eigenvalue weighted by Gasteiger charge is 2.16. The van der Waals surface area contributed by atoms with Gasteiger partial charge >= 0.3 is 0 Å². The van der Waals surface area contributed by atoms with Gasteiger partial charge in [-0.25, -0.2) is 21.6 Å². The van der Waals surface area contributed by atoms with Crippen molar-refractivity contribution in [2.75, 3.05) is 31.4 Å². The Kier molecular flexibility index (Phi) is 6.74. The van der Waals surface area contributed by atoms with Gasteiger partial charge in [0.1, 0.15) is 9.84 Å². The molecule has 18 heavy (non-hydrogen) atoms. The quantitative estimate of drug-likeness (QED) is 0.450. The molecular formula is C8H19N3O5S2. The van der Waals surface area contributed by atoms with Crippen LogP contribution in [0.2, 0.25) is 0 Å². The molecule has 0 heterocycles. The SMILES string of the molecule is CNS(=O)(=O)CCNC(=O)C(N)CCS(C)(=O)=O. The van der Waals surface area contributed by atoms with E-state index in [2.05, 4.69) is 10.0 Å². The van der Waals surface area contributed by atoms with Gasteiger partial charge in [0, 0.05) is 12.8 Å². The average molecular weight is 301 g/mol. The number of nitrogens with two attached hydrogens (primary N) is 1. The van der Waals surface area contributed by atoms with Crippen molar-refractivity contribution in [3.63, 3.8) is 0 Å². The summed E-state index contributed by atoms with van der Waals surface area (Å²) in [7, 11) is -5.27. The molecular weight excluding hydrogens is 282 g/mol. The van der Waals surface area contributed by atoms with Crippen LogP contribution in [0.25, 0.3) is 0 Å². The lowest BCUT2D eigenvalue weighted by Crippen LogP contribution is -2.43. The van der Waals surface area contributed by atoms with E-state index in [9.17, 15) is 21.6 Å². The smallest absolute Gasteiger partial charge is 0.236 e. The van der Waals surface area contributed by atoms with Gasteiger partial charge in [0.25, 0.3) is 0 Å². The summed E-state index contributed by atoms with van der Waals surface area (Å²) in [6.07, 6.45) is 1.06. The predicted molar refractivity (Wildman–Crippen MR) is 68.2 cm³/mol.